The summed E-state index contributed by atoms with van der Waals surface area (Å²) in [5, 5.41) is 12.1. The molecule has 3 fully saturated rings. The molecule has 3 rings (SSSR count). The number of hydrogen-bond acceptors (Lipinski definition) is 2. The van der Waals surface area contributed by atoms with Crippen molar-refractivity contribution >= 4 is 12.0 Å². The van der Waals surface area contributed by atoms with Gasteiger partial charge in [0.05, 0.1) is 5.92 Å². The number of fused-ring (bicyclic) bond motifs is 1. The Kier molecular flexibility index (Phi) is 3.37. The summed E-state index contributed by atoms with van der Waals surface area (Å²) in [5.41, 5.74) is 0. The molecule has 0 aromatic heterocycles. The van der Waals surface area contributed by atoms with E-state index in [0.717, 1.165) is 25.9 Å². The molecule has 2 saturated carbocycles. The minimum Gasteiger partial charge on any atom is -0.481 e. The number of rotatable bonds is 2. The molecular weight excluding hydrogens is 244 g/mol. The number of aliphatic carboxylic acids is 1. The Morgan fingerprint density at radius 3 is 2.26 bits per heavy atom. The second-order valence-corrected chi connectivity index (χ2v) is 6.29. The van der Waals surface area contributed by atoms with Crippen molar-refractivity contribution in [1.82, 2.24) is 10.2 Å². The molecule has 3 aliphatic rings. The summed E-state index contributed by atoms with van der Waals surface area (Å²) < 4.78 is 0. The van der Waals surface area contributed by atoms with Crippen LogP contribution in [0.2, 0.25) is 0 Å². The molecule has 0 aromatic rings. The number of carbonyl (C=O) groups is 2. The molecule has 4 unspecified atom stereocenters. The Morgan fingerprint density at radius 1 is 1.00 bits per heavy atom. The lowest BCUT2D eigenvalue weighted by molar-refractivity contribution is -0.142. The molecule has 0 bridgehead atoms. The summed E-state index contributed by atoms with van der Waals surface area (Å²) in [6.07, 6.45) is 6.17. The minimum atomic E-state index is -0.777. The maximum absolute atomic E-state index is 12.2. The van der Waals surface area contributed by atoms with Gasteiger partial charge in [-0.15, -0.1) is 0 Å². The largest absolute Gasteiger partial charge is 0.481 e. The minimum absolute atomic E-state index is 0.0486. The van der Waals surface area contributed by atoms with Crippen molar-refractivity contribution in [1.29, 1.82) is 0 Å². The average Bonchev–Trinajstić information content (AvgIpc) is 3.01. The van der Waals surface area contributed by atoms with Crippen LogP contribution in [0.3, 0.4) is 0 Å². The number of hydrogen-bond donors (Lipinski definition) is 2. The average molecular weight is 266 g/mol. The van der Waals surface area contributed by atoms with Crippen LogP contribution in [0.15, 0.2) is 0 Å². The van der Waals surface area contributed by atoms with Crippen LogP contribution in [0.1, 0.15) is 38.5 Å². The summed E-state index contributed by atoms with van der Waals surface area (Å²) in [4.78, 5) is 25.2. The molecule has 0 aromatic carbocycles. The van der Waals surface area contributed by atoms with Gasteiger partial charge in [0.15, 0.2) is 0 Å². The van der Waals surface area contributed by atoms with Gasteiger partial charge in [-0.3, -0.25) is 4.79 Å². The zero-order valence-electron chi connectivity index (χ0n) is 11.2. The number of nitrogens with one attached hydrogen (secondary N) is 1. The summed E-state index contributed by atoms with van der Waals surface area (Å²) in [7, 11) is 0. The van der Waals surface area contributed by atoms with Gasteiger partial charge >= 0.3 is 12.0 Å². The van der Waals surface area contributed by atoms with Gasteiger partial charge in [-0.05, 0) is 37.5 Å². The lowest BCUT2D eigenvalue weighted by Crippen LogP contribution is -2.46. The fraction of sp³-hybridized carbons (Fsp3) is 0.857. The predicted molar refractivity (Wildman–Crippen MR) is 69.7 cm³/mol. The molecule has 2 N–H and O–H groups in total. The lowest BCUT2D eigenvalue weighted by atomic mass is 10.0. The molecule has 5 nitrogen and oxygen atoms in total. The highest BCUT2D eigenvalue weighted by molar-refractivity contribution is 5.77. The predicted octanol–water partition coefficient (Wildman–Crippen LogP) is 1.68. The molecule has 5 heteroatoms. The third kappa shape index (κ3) is 2.42. The van der Waals surface area contributed by atoms with Crippen LogP contribution in [0.25, 0.3) is 0 Å². The number of amides is 2. The fourth-order valence-corrected chi connectivity index (χ4v) is 4.08. The Hall–Kier alpha value is -1.26. The van der Waals surface area contributed by atoms with Crippen molar-refractivity contribution < 1.29 is 14.7 Å². The maximum Gasteiger partial charge on any atom is 0.317 e. The molecule has 106 valence electrons. The summed E-state index contributed by atoms with van der Waals surface area (Å²) in [5.74, 6) is 0.196. The maximum atomic E-state index is 12.2. The van der Waals surface area contributed by atoms with Gasteiger partial charge in [-0.1, -0.05) is 12.8 Å². The van der Waals surface area contributed by atoms with Crippen LogP contribution in [0.4, 0.5) is 4.79 Å². The number of urea groups is 1. The monoisotopic (exact) mass is 266 g/mol. The molecule has 1 heterocycles. The number of carboxylic acids is 1. The van der Waals surface area contributed by atoms with Gasteiger partial charge in [0.1, 0.15) is 0 Å². The third-order valence-corrected chi connectivity index (χ3v) is 5.16. The molecule has 0 spiro atoms. The Morgan fingerprint density at radius 2 is 1.63 bits per heavy atom. The second kappa shape index (κ2) is 5.02. The highest BCUT2D eigenvalue weighted by Gasteiger charge is 2.40. The molecule has 0 radical (unpaired) electrons. The second-order valence-electron chi connectivity index (χ2n) is 6.29. The number of likely N-dealkylation sites (tertiary alicyclic amines) is 1. The van der Waals surface area contributed by atoms with E-state index in [1.807, 2.05) is 4.90 Å². The molecule has 1 aliphatic heterocycles. The van der Waals surface area contributed by atoms with Crippen LogP contribution in [0.5, 0.6) is 0 Å². The van der Waals surface area contributed by atoms with Crippen LogP contribution < -0.4 is 5.32 Å². The van der Waals surface area contributed by atoms with Crippen molar-refractivity contribution in [2.45, 2.75) is 44.6 Å². The van der Waals surface area contributed by atoms with E-state index < -0.39 is 11.9 Å². The molecule has 2 aliphatic carbocycles. The normalized spacial score (nSPS) is 37.4. The number of carbonyl (C=O) groups excluding carboxylic acids is 1. The molecular formula is C14H22N2O3. The van der Waals surface area contributed by atoms with Crippen LogP contribution in [-0.4, -0.2) is 41.1 Å². The lowest BCUT2D eigenvalue weighted by Gasteiger charge is -2.23. The zero-order valence-corrected chi connectivity index (χ0v) is 11.2. The first-order valence-electron chi connectivity index (χ1n) is 7.43. The van der Waals surface area contributed by atoms with Crippen molar-refractivity contribution in [3.05, 3.63) is 0 Å². The van der Waals surface area contributed by atoms with Gasteiger partial charge in [0.25, 0.3) is 0 Å². The summed E-state index contributed by atoms with van der Waals surface area (Å²) >= 11 is 0. The van der Waals surface area contributed by atoms with E-state index in [-0.39, 0.29) is 12.1 Å². The van der Waals surface area contributed by atoms with E-state index in [2.05, 4.69) is 5.32 Å². The molecule has 2 amide bonds. The van der Waals surface area contributed by atoms with E-state index >= 15 is 0 Å². The van der Waals surface area contributed by atoms with Gasteiger partial charge < -0.3 is 15.3 Å². The van der Waals surface area contributed by atoms with Gasteiger partial charge in [0, 0.05) is 19.1 Å². The summed E-state index contributed by atoms with van der Waals surface area (Å²) in [6.45, 7) is 1.72. The Bertz CT molecular complexity index is 373. The SMILES string of the molecule is O=C(O)C1CCCC1NC(=O)N1CC2CCCC2C1. The summed E-state index contributed by atoms with van der Waals surface area (Å²) in [6, 6.07) is -0.224. The van der Waals surface area contributed by atoms with Crippen LogP contribution in [0, 0.1) is 17.8 Å². The Balaban J connectivity index is 1.55. The third-order valence-electron chi connectivity index (χ3n) is 5.16. The van der Waals surface area contributed by atoms with Crippen molar-refractivity contribution in [2.75, 3.05) is 13.1 Å². The first-order valence-corrected chi connectivity index (χ1v) is 7.43. The highest BCUT2D eigenvalue weighted by atomic mass is 16.4. The van der Waals surface area contributed by atoms with E-state index in [1.165, 1.54) is 19.3 Å². The van der Waals surface area contributed by atoms with Crippen LogP contribution >= 0.6 is 0 Å². The van der Waals surface area contributed by atoms with Crippen molar-refractivity contribution in [3.8, 4) is 0 Å². The van der Waals surface area contributed by atoms with E-state index in [9.17, 15) is 9.59 Å². The van der Waals surface area contributed by atoms with Crippen molar-refractivity contribution in [2.24, 2.45) is 17.8 Å². The smallest absolute Gasteiger partial charge is 0.317 e. The van der Waals surface area contributed by atoms with Crippen molar-refractivity contribution in [3.63, 3.8) is 0 Å². The molecule has 4 atom stereocenters. The standard InChI is InChI=1S/C14H22N2O3/c17-13(18)11-5-2-6-12(11)15-14(19)16-7-9-3-1-4-10(9)8-16/h9-12H,1-8H2,(H,15,19)(H,17,18). The number of nitrogens with zero attached hydrogens (tertiary/aromatic N) is 1. The molecule has 19 heavy (non-hydrogen) atoms. The molecule has 1 saturated heterocycles. The topological polar surface area (TPSA) is 69.6 Å². The van der Waals surface area contributed by atoms with Crippen LogP contribution in [-0.2, 0) is 4.79 Å². The van der Waals surface area contributed by atoms with E-state index in [1.54, 1.807) is 0 Å². The first kappa shape index (κ1) is 12.8. The van der Waals surface area contributed by atoms with E-state index in [4.69, 9.17) is 5.11 Å². The van der Waals surface area contributed by atoms with Gasteiger partial charge in [0.2, 0.25) is 0 Å². The number of carboxylic acid groups (broad SMARTS) is 1. The quantitative estimate of drug-likeness (QED) is 0.799. The van der Waals surface area contributed by atoms with E-state index in [0.29, 0.717) is 18.3 Å². The highest BCUT2D eigenvalue weighted by Crippen LogP contribution is 2.37. The fourth-order valence-electron chi connectivity index (χ4n) is 4.08. The van der Waals surface area contributed by atoms with Gasteiger partial charge in [-0.2, -0.15) is 0 Å². The zero-order chi connectivity index (χ0) is 13.4. The van der Waals surface area contributed by atoms with Gasteiger partial charge in [-0.25, -0.2) is 4.79 Å². The Labute approximate surface area is 113 Å². The first-order chi connectivity index (χ1) is 9.15.